The molecule has 4 aliphatic carbocycles. The van der Waals surface area contributed by atoms with Gasteiger partial charge in [-0.1, -0.05) is 18.2 Å². The van der Waals surface area contributed by atoms with Crippen LogP contribution < -0.4 is 10.1 Å². The van der Waals surface area contributed by atoms with Gasteiger partial charge in [0.25, 0.3) is 0 Å². The summed E-state index contributed by atoms with van der Waals surface area (Å²) in [5.41, 5.74) is 1.32. The van der Waals surface area contributed by atoms with Crippen LogP contribution in [0.15, 0.2) is 24.3 Å². The fourth-order valence-electron chi connectivity index (χ4n) is 5.85. The van der Waals surface area contributed by atoms with Gasteiger partial charge in [0.05, 0.1) is 26.4 Å². The lowest BCUT2D eigenvalue weighted by Crippen LogP contribution is -2.59. The molecule has 2 N–H and O–H groups in total. The van der Waals surface area contributed by atoms with Crippen molar-refractivity contribution in [2.24, 2.45) is 17.8 Å². The van der Waals surface area contributed by atoms with Crippen molar-refractivity contribution in [3.63, 3.8) is 0 Å². The van der Waals surface area contributed by atoms with Gasteiger partial charge < -0.3 is 19.9 Å². The smallest absolute Gasteiger partial charge is 0.124 e. The van der Waals surface area contributed by atoms with Gasteiger partial charge in [0, 0.05) is 17.6 Å². The molecule has 138 valence electrons. The Morgan fingerprint density at radius 1 is 1.12 bits per heavy atom. The van der Waals surface area contributed by atoms with Gasteiger partial charge in [0.15, 0.2) is 0 Å². The Bertz CT molecular complexity index is 553. The minimum Gasteiger partial charge on any atom is -0.496 e. The molecule has 25 heavy (non-hydrogen) atoms. The highest BCUT2D eigenvalue weighted by Crippen LogP contribution is 2.55. The van der Waals surface area contributed by atoms with E-state index in [0.29, 0.717) is 25.3 Å². The summed E-state index contributed by atoms with van der Waals surface area (Å²) in [6.07, 6.45) is 7.83. The van der Waals surface area contributed by atoms with Gasteiger partial charge in [-0.25, -0.2) is 0 Å². The van der Waals surface area contributed by atoms with E-state index in [1.54, 1.807) is 7.11 Å². The molecule has 1 atom stereocenters. The molecule has 0 heterocycles. The molecule has 4 aliphatic rings. The number of para-hydroxylation sites is 1. The van der Waals surface area contributed by atoms with E-state index in [1.165, 1.54) is 38.5 Å². The molecule has 5 rings (SSSR count). The summed E-state index contributed by atoms with van der Waals surface area (Å²) < 4.78 is 11.1. The van der Waals surface area contributed by atoms with E-state index in [-0.39, 0.29) is 0 Å². The molecule has 4 bridgehead atoms. The van der Waals surface area contributed by atoms with Crippen molar-refractivity contribution in [2.45, 2.75) is 56.8 Å². The van der Waals surface area contributed by atoms with E-state index < -0.39 is 6.10 Å². The SMILES string of the molecule is COc1ccccc1COC[C@H](O)CNC12CC3CC(CC(C3)C1)C2. The molecule has 0 radical (unpaired) electrons. The maximum Gasteiger partial charge on any atom is 0.124 e. The van der Waals surface area contributed by atoms with Gasteiger partial charge in [-0.2, -0.15) is 0 Å². The van der Waals surface area contributed by atoms with Crippen LogP contribution >= 0.6 is 0 Å². The Morgan fingerprint density at radius 3 is 2.40 bits per heavy atom. The molecule has 0 spiro atoms. The number of rotatable bonds is 8. The lowest BCUT2D eigenvalue weighted by Gasteiger charge is -2.57. The van der Waals surface area contributed by atoms with Gasteiger partial charge >= 0.3 is 0 Å². The maximum atomic E-state index is 10.3. The number of methoxy groups -OCH3 is 1. The second-order valence-corrected chi connectivity index (χ2v) is 8.56. The zero-order valence-electron chi connectivity index (χ0n) is 15.2. The number of hydrogen-bond acceptors (Lipinski definition) is 4. The van der Waals surface area contributed by atoms with Crippen molar-refractivity contribution in [3.8, 4) is 5.75 Å². The van der Waals surface area contributed by atoms with E-state index in [4.69, 9.17) is 9.47 Å². The number of aliphatic hydroxyl groups is 1. The van der Waals surface area contributed by atoms with E-state index in [2.05, 4.69) is 5.32 Å². The number of β-amino-alcohol motifs (C(OH)–C–C–N with tert-alkyl or cyclic N) is 1. The van der Waals surface area contributed by atoms with Crippen molar-refractivity contribution in [1.29, 1.82) is 0 Å². The first-order valence-corrected chi connectivity index (χ1v) is 9.78. The summed E-state index contributed by atoms with van der Waals surface area (Å²) in [6, 6.07) is 7.86. The summed E-state index contributed by atoms with van der Waals surface area (Å²) in [5, 5.41) is 14.1. The fraction of sp³-hybridized carbons (Fsp3) is 0.714. The van der Waals surface area contributed by atoms with Crippen LogP contribution in [-0.4, -0.2) is 37.0 Å². The van der Waals surface area contributed by atoms with Crippen LogP contribution in [0.5, 0.6) is 5.75 Å². The molecule has 1 aromatic carbocycles. The topological polar surface area (TPSA) is 50.7 Å². The molecule has 0 unspecified atom stereocenters. The molecule has 0 aliphatic heterocycles. The lowest BCUT2D eigenvalue weighted by molar-refractivity contribution is -0.0318. The Kier molecular flexibility index (Phi) is 5.03. The fourth-order valence-corrected chi connectivity index (χ4v) is 5.85. The van der Waals surface area contributed by atoms with Gasteiger partial charge in [0.2, 0.25) is 0 Å². The average Bonchev–Trinajstić information content (AvgIpc) is 2.59. The van der Waals surface area contributed by atoms with Gasteiger partial charge in [-0.15, -0.1) is 0 Å². The van der Waals surface area contributed by atoms with Gasteiger partial charge in [0.1, 0.15) is 5.75 Å². The minimum absolute atomic E-state index is 0.304. The Hall–Kier alpha value is -1.10. The second-order valence-electron chi connectivity index (χ2n) is 8.56. The highest BCUT2D eigenvalue weighted by molar-refractivity contribution is 5.32. The minimum atomic E-state index is -0.456. The van der Waals surface area contributed by atoms with Crippen LogP contribution in [0.3, 0.4) is 0 Å². The predicted octanol–water partition coefficient (Wildman–Crippen LogP) is 3.13. The zero-order chi connectivity index (χ0) is 17.3. The number of aliphatic hydroxyl groups excluding tert-OH is 1. The summed E-state index contributed by atoms with van der Waals surface area (Å²) in [6.45, 7) is 1.47. The van der Waals surface area contributed by atoms with Crippen LogP contribution in [0, 0.1) is 17.8 Å². The molecule has 0 aromatic heterocycles. The first-order valence-electron chi connectivity index (χ1n) is 9.78. The summed E-state index contributed by atoms with van der Waals surface area (Å²) in [7, 11) is 1.67. The third kappa shape index (κ3) is 3.86. The zero-order valence-corrected chi connectivity index (χ0v) is 15.2. The largest absolute Gasteiger partial charge is 0.496 e. The number of benzene rings is 1. The van der Waals surface area contributed by atoms with Crippen molar-refractivity contribution < 1.29 is 14.6 Å². The molecular formula is C21H31NO3. The summed E-state index contributed by atoms with van der Waals surface area (Å²) in [4.78, 5) is 0. The molecule has 4 saturated carbocycles. The molecule has 4 heteroatoms. The highest BCUT2D eigenvalue weighted by atomic mass is 16.5. The van der Waals surface area contributed by atoms with Gasteiger partial charge in [-0.3, -0.25) is 0 Å². The molecule has 4 nitrogen and oxygen atoms in total. The first-order chi connectivity index (χ1) is 12.2. The van der Waals surface area contributed by atoms with Crippen LogP contribution in [0.2, 0.25) is 0 Å². The maximum absolute atomic E-state index is 10.3. The van der Waals surface area contributed by atoms with Crippen LogP contribution in [0.4, 0.5) is 0 Å². The Labute approximate surface area is 150 Å². The third-order valence-corrected chi connectivity index (χ3v) is 6.51. The van der Waals surface area contributed by atoms with Crippen LogP contribution in [0.25, 0.3) is 0 Å². The quantitative estimate of drug-likeness (QED) is 0.760. The van der Waals surface area contributed by atoms with E-state index in [9.17, 15) is 5.11 Å². The van der Waals surface area contributed by atoms with Crippen molar-refractivity contribution in [1.82, 2.24) is 5.32 Å². The second kappa shape index (κ2) is 7.26. The standard InChI is InChI=1S/C21H31NO3/c1-24-20-5-3-2-4-18(20)13-25-14-19(23)12-22-21-9-15-6-16(10-21)8-17(7-15)11-21/h2-5,15-17,19,22-23H,6-14H2,1H3/t15?,16?,17?,19-,21?/m1/s1. The molecule has 4 fully saturated rings. The lowest BCUT2D eigenvalue weighted by atomic mass is 9.53. The predicted molar refractivity (Wildman–Crippen MR) is 97.6 cm³/mol. The van der Waals surface area contributed by atoms with Crippen LogP contribution in [-0.2, 0) is 11.3 Å². The number of nitrogens with one attached hydrogen (secondary N) is 1. The monoisotopic (exact) mass is 345 g/mol. The van der Waals surface area contributed by atoms with Gasteiger partial charge in [-0.05, 0) is 62.3 Å². The number of hydrogen-bond donors (Lipinski definition) is 2. The Morgan fingerprint density at radius 2 is 1.76 bits per heavy atom. The van der Waals surface area contributed by atoms with E-state index in [1.807, 2.05) is 24.3 Å². The van der Waals surface area contributed by atoms with E-state index in [0.717, 1.165) is 29.1 Å². The number of ether oxygens (including phenoxy) is 2. The summed E-state index contributed by atoms with van der Waals surface area (Å²) in [5.74, 6) is 3.62. The molecular weight excluding hydrogens is 314 g/mol. The summed E-state index contributed by atoms with van der Waals surface area (Å²) >= 11 is 0. The van der Waals surface area contributed by atoms with E-state index >= 15 is 0 Å². The molecule has 0 amide bonds. The third-order valence-electron chi connectivity index (χ3n) is 6.51. The molecule has 0 saturated heterocycles. The highest BCUT2D eigenvalue weighted by Gasteiger charge is 2.50. The normalized spacial score (nSPS) is 34.2. The Balaban J connectivity index is 1.23. The first kappa shape index (κ1) is 17.3. The van der Waals surface area contributed by atoms with Crippen molar-refractivity contribution in [3.05, 3.63) is 29.8 Å². The van der Waals surface area contributed by atoms with Crippen molar-refractivity contribution in [2.75, 3.05) is 20.3 Å². The van der Waals surface area contributed by atoms with Crippen LogP contribution in [0.1, 0.15) is 44.1 Å². The average molecular weight is 345 g/mol. The molecule has 1 aromatic rings. The van der Waals surface area contributed by atoms with Crippen molar-refractivity contribution >= 4 is 0 Å².